The van der Waals surface area contributed by atoms with Gasteiger partial charge in [0.05, 0.1) is 34.4 Å². The molecular weight excluding hydrogens is 220 g/mol. The van der Waals surface area contributed by atoms with Gasteiger partial charge in [-0.25, -0.2) is 4.59 Å². The molecule has 0 saturated carbocycles. The highest BCUT2D eigenvalue weighted by atomic mass is 16.7. The Bertz CT molecular complexity index is 234. The van der Waals surface area contributed by atoms with E-state index in [1.807, 2.05) is 10.1 Å². The molecule has 0 radical (unpaired) electrons. The predicted molar refractivity (Wildman–Crippen MR) is 63.9 cm³/mol. The molecule has 2 fully saturated rings. The fourth-order valence-electron chi connectivity index (χ4n) is 2.69. The van der Waals surface area contributed by atoms with Gasteiger partial charge in [0, 0.05) is 0 Å². The topological polar surface area (TPSA) is 28.2 Å². The third kappa shape index (κ3) is 2.96. The summed E-state index contributed by atoms with van der Waals surface area (Å²) in [5, 5.41) is 6.26. The summed E-state index contributed by atoms with van der Waals surface area (Å²) in [5.74, 6) is 0. The molecule has 0 spiro atoms. The van der Waals surface area contributed by atoms with E-state index in [4.69, 9.17) is 9.68 Å². The van der Waals surface area contributed by atoms with Crippen LogP contribution in [0.5, 0.6) is 0 Å². The van der Waals surface area contributed by atoms with Crippen molar-refractivity contribution in [1.82, 2.24) is 15.1 Å². The molecule has 2 aliphatic heterocycles. The summed E-state index contributed by atoms with van der Waals surface area (Å²) in [6, 6.07) is 0. The molecule has 0 aromatic rings. The zero-order valence-corrected chi connectivity index (χ0v) is 11.3. The normalized spacial score (nSPS) is 28.4. The van der Waals surface area contributed by atoms with Gasteiger partial charge in [-0.15, -0.1) is 5.01 Å². The molecule has 6 nitrogen and oxygen atoms in total. The molecule has 2 heterocycles. The first-order chi connectivity index (χ1) is 8.18. The first kappa shape index (κ1) is 13.2. The fraction of sp³-hybridized carbons (Fsp3) is 1.00. The van der Waals surface area contributed by atoms with E-state index in [1.54, 1.807) is 14.2 Å². The molecule has 0 aromatic heterocycles. The first-order valence-corrected chi connectivity index (χ1v) is 6.36. The van der Waals surface area contributed by atoms with Gasteiger partial charge in [0.2, 0.25) is 0 Å². The summed E-state index contributed by atoms with van der Waals surface area (Å²) in [6.45, 7) is 4.81. The third-order valence-corrected chi connectivity index (χ3v) is 3.94. The summed E-state index contributed by atoms with van der Waals surface area (Å²) in [7, 11) is 5.74. The van der Waals surface area contributed by atoms with Crippen LogP contribution in [-0.4, -0.2) is 74.1 Å². The minimum Gasteiger partial charge on any atom is -0.299 e. The summed E-state index contributed by atoms with van der Waals surface area (Å²) >= 11 is 0. The van der Waals surface area contributed by atoms with Crippen molar-refractivity contribution in [3.8, 4) is 0 Å². The van der Waals surface area contributed by atoms with Crippen LogP contribution in [0, 0.1) is 0 Å². The average Bonchev–Trinajstić information content (AvgIpc) is 2.39. The number of rotatable bonds is 3. The van der Waals surface area contributed by atoms with Crippen LogP contribution < -0.4 is 0 Å². The molecule has 2 saturated heterocycles. The van der Waals surface area contributed by atoms with Crippen LogP contribution in [-0.2, 0) is 9.68 Å². The molecule has 0 N–H and O–H groups in total. The van der Waals surface area contributed by atoms with Crippen molar-refractivity contribution >= 4 is 0 Å². The molecule has 0 amide bonds. The summed E-state index contributed by atoms with van der Waals surface area (Å²) in [5.41, 5.74) is 0. The molecule has 2 aliphatic rings. The number of hydrogen-bond donors (Lipinski definition) is 0. The van der Waals surface area contributed by atoms with E-state index in [-0.39, 0.29) is 0 Å². The average molecular weight is 245 g/mol. The van der Waals surface area contributed by atoms with E-state index in [0.717, 1.165) is 17.9 Å². The zero-order valence-electron chi connectivity index (χ0n) is 11.3. The molecule has 0 unspecified atom stereocenters. The van der Waals surface area contributed by atoms with E-state index in [2.05, 4.69) is 12.1 Å². The van der Waals surface area contributed by atoms with Crippen molar-refractivity contribution in [1.29, 1.82) is 0 Å². The van der Waals surface area contributed by atoms with Crippen molar-refractivity contribution in [2.45, 2.75) is 19.3 Å². The number of hydroxylamine groups is 4. The molecule has 100 valence electrons. The lowest BCUT2D eigenvalue weighted by atomic mass is 10.1. The Morgan fingerprint density at radius 2 is 1.35 bits per heavy atom. The Morgan fingerprint density at radius 3 is 1.82 bits per heavy atom. The van der Waals surface area contributed by atoms with Crippen LogP contribution >= 0.6 is 0 Å². The summed E-state index contributed by atoms with van der Waals surface area (Å²) in [4.78, 5) is 10.7. The fourth-order valence-corrected chi connectivity index (χ4v) is 2.69. The number of hydrogen-bond acceptors (Lipinski definition) is 5. The highest BCUT2D eigenvalue weighted by molar-refractivity contribution is 4.56. The SMILES string of the molecule is CON1CN(OC)CN([N+]2(C)CCCCC2)C1. The molecule has 0 atom stereocenters. The van der Waals surface area contributed by atoms with Crippen LogP contribution in [0.2, 0.25) is 0 Å². The maximum atomic E-state index is 5.35. The van der Waals surface area contributed by atoms with Gasteiger partial charge in [-0.1, -0.05) is 0 Å². The Labute approximate surface area is 104 Å². The molecular formula is C11H25N4O2+. The molecule has 17 heavy (non-hydrogen) atoms. The predicted octanol–water partition coefficient (Wildman–Crippen LogP) is 0.447. The quantitative estimate of drug-likeness (QED) is 0.673. The Kier molecular flexibility index (Phi) is 4.35. The minimum atomic E-state index is 0.698. The zero-order chi connectivity index (χ0) is 12.3. The highest BCUT2D eigenvalue weighted by Crippen LogP contribution is 2.22. The lowest BCUT2D eigenvalue weighted by molar-refractivity contribution is -1.03. The van der Waals surface area contributed by atoms with Crippen molar-refractivity contribution in [3.05, 3.63) is 0 Å². The van der Waals surface area contributed by atoms with Gasteiger partial charge in [0.15, 0.2) is 0 Å². The van der Waals surface area contributed by atoms with E-state index in [1.165, 1.54) is 32.4 Å². The van der Waals surface area contributed by atoms with Crippen molar-refractivity contribution in [3.63, 3.8) is 0 Å². The Hall–Kier alpha value is -0.240. The number of quaternary nitrogens is 1. The van der Waals surface area contributed by atoms with Crippen molar-refractivity contribution in [2.24, 2.45) is 0 Å². The van der Waals surface area contributed by atoms with Gasteiger partial charge < -0.3 is 0 Å². The van der Waals surface area contributed by atoms with Crippen molar-refractivity contribution < 1.29 is 14.3 Å². The van der Waals surface area contributed by atoms with E-state index in [0.29, 0.717) is 6.67 Å². The van der Waals surface area contributed by atoms with Crippen LogP contribution in [0.1, 0.15) is 19.3 Å². The summed E-state index contributed by atoms with van der Waals surface area (Å²) in [6.07, 6.45) is 3.99. The van der Waals surface area contributed by atoms with Crippen LogP contribution in [0.15, 0.2) is 0 Å². The molecule has 0 aromatic carbocycles. The Balaban J connectivity index is 2.02. The maximum Gasteiger partial charge on any atom is 0.126 e. The summed E-state index contributed by atoms with van der Waals surface area (Å²) < 4.78 is 1.000. The second-order valence-corrected chi connectivity index (χ2v) is 5.11. The lowest BCUT2D eigenvalue weighted by Gasteiger charge is -2.50. The van der Waals surface area contributed by atoms with Crippen LogP contribution in [0.3, 0.4) is 0 Å². The van der Waals surface area contributed by atoms with Crippen LogP contribution in [0.4, 0.5) is 0 Å². The van der Waals surface area contributed by atoms with Gasteiger partial charge >= 0.3 is 0 Å². The van der Waals surface area contributed by atoms with Gasteiger partial charge in [-0.3, -0.25) is 9.68 Å². The molecule has 6 heteroatoms. The molecule has 2 rings (SSSR count). The minimum absolute atomic E-state index is 0.698. The van der Waals surface area contributed by atoms with Gasteiger partial charge in [-0.05, 0) is 19.3 Å². The second-order valence-electron chi connectivity index (χ2n) is 5.11. The van der Waals surface area contributed by atoms with Crippen molar-refractivity contribution in [2.75, 3.05) is 54.4 Å². The molecule has 0 bridgehead atoms. The van der Waals surface area contributed by atoms with Gasteiger partial charge in [-0.2, -0.15) is 10.1 Å². The molecule has 0 aliphatic carbocycles. The third-order valence-electron chi connectivity index (χ3n) is 3.94. The standard InChI is InChI=1S/C11H25N4O2/c1-15(7-5-4-6-8-15)12-9-13(16-2)11-14(10-12)17-3/h4-11H2,1-3H3/q+1. The number of nitrogens with zero attached hydrogens (tertiary/aromatic N) is 4. The number of likely N-dealkylation sites (tertiary alicyclic amines) is 1. The van der Waals surface area contributed by atoms with E-state index < -0.39 is 0 Å². The largest absolute Gasteiger partial charge is 0.299 e. The monoisotopic (exact) mass is 245 g/mol. The first-order valence-electron chi connectivity index (χ1n) is 6.36. The number of piperidine rings is 1. The Morgan fingerprint density at radius 1 is 0.824 bits per heavy atom. The van der Waals surface area contributed by atoms with E-state index >= 15 is 0 Å². The van der Waals surface area contributed by atoms with Crippen LogP contribution in [0.25, 0.3) is 0 Å². The van der Waals surface area contributed by atoms with E-state index in [9.17, 15) is 0 Å². The van der Waals surface area contributed by atoms with Gasteiger partial charge in [0.1, 0.15) is 20.0 Å². The second kappa shape index (κ2) is 5.60. The van der Waals surface area contributed by atoms with Gasteiger partial charge in [0.25, 0.3) is 0 Å². The lowest BCUT2D eigenvalue weighted by Crippen LogP contribution is -2.67. The highest BCUT2D eigenvalue weighted by Gasteiger charge is 2.38. The smallest absolute Gasteiger partial charge is 0.126 e. The maximum absolute atomic E-state index is 5.35.